The smallest absolute Gasteiger partial charge is 0.397 e. The van der Waals surface area contributed by atoms with Gasteiger partial charge in [-0.05, 0) is 24.1 Å². The maximum atomic E-state index is 12.1. The first-order valence-electron chi connectivity index (χ1n) is 6.50. The number of hydrogen-bond acceptors (Lipinski definition) is 9. The van der Waals surface area contributed by atoms with Gasteiger partial charge in [-0.2, -0.15) is 16.8 Å². The summed E-state index contributed by atoms with van der Waals surface area (Å²) in [6, 6.07) is 2.72. The van der Waals surface area contributed by atoms with Gasteiger partial charge in [0.05, 0.1) is 22.2 Å². The predicted molar refractivity (Wildman–Crippen MR) is 86.4 cm³/mol. The van der Waals surface area contributed by atoms with E-state index in [0.29, 0.717) is 6.07 Å². The molecule has 0 fully saturated rings. The molecular weight excluding hydrogens is 438 g/mol. The lowest BCUT2D eigenvalue weighted by Gasteiger charge is -2.12. The van der Waals surface area contributed by atoms with Crippen molar-refractivity contribution in [1.29, 1.82) is 0 Å². The van der Waals surface area contributed by atoms with Crippen LogP contribution in [-0.2, 0) is 52.2 Å². The number of hydrogen-bond donors (Lipinski definition) is 3. The van der Waals surface area contributed by atoms with Crippen LogP contribution in [0.1, 0.15) is 5.56 Å². The lowest BCUT2D eigenvalue weighted by atomic mass is 10.1. The largest absolute Gasteiger partial charge is 0.760 e. The van der Waals surface area contributed by atoms with Crippen molar-refractivity contribution in [3.05, 3.63) is 23.8 Å². The summed E-state index contributed by atoms with van der Waals surface area (Å²) in [5.74, 6) is -0.895. The molecule has 16 heteroatoms. The minimum atomic E-state index is -4.84. The minimum Gasteiger partial charge on any atom is -0.760 e. The molecule has 3 N–H and O–H groups in total. The molecule has 26 heavy (non-hydrogen) atoms. The highest BCUT2D eigenvalue weighted by atomic mass is 32.3. The molecule has 12 nitrogen and oxygen atoms in total. The molecule has 1 rings (SSSR count). The summed E-state index contributed by atoms with van der Waals surface area (Å²) >= 11 is -2.59. The van der Waals surface area contributed by atoms with Crippen molar-refractivity contribution in [2.75, 3.05) is 18.9 Å². The third kappa shape index (κ3) is 7.72. The van der Waals surface area contributed by atoms with Crippen molar-refractivity contribution in [3.8, 4) is 0 Å². The van der Waals surface area contributed by atoms with Crippen LogP contribution in [0.25, 0.3) is 0 Å². The number of sulfone groups is 1. The van der Waals surface area contributed by atoms with Crippen LogP contribution in [0.15, 0.2) is 28.0 Å². The number of nitrogens with one attached hydrogen (secondary N) is 1. The molecule has 0 aliphatic carbocycles. The Hall–Kier alpha value is -0.980. The van der Waals surface area contributed by atoms with Crippen LogP contribution >= 0.6 is 0 Å². The van der Waals surface area contributed by atoms with E-state index in [1.807, 2.05) is 4.72 Å². The van der Waals surface area contributed by atoms with Gasteiger partial charge in [0.1, 0.15) is 0 Å². The van der Waals surface area contributed by atoms with E-state index in [-0.39, 0.29) is 18.5 Å². The van der Waals surface area contributed by atoms with E-state index >= 15 is 0 Å². The van der Waals surface area contributed by atoms with Crippen molar-refractivity contribution in [2.45, 2.75) is 16.2 Å². The summed E-state index contributed by atoms with van der Waals surface area (Å²) in [7, 11) is -13.9. The number of benzene rings is 1. The molecule has 1 aromatic rings. The normalized spacial score (nSPS) is 14.3. The zero-order chi connectivity index (χ0) is 20.2. The van der Waals surface area contributed by atoms with E-state index in [1.54, 1.807) is 0 Å². The van der Waals surface area contributed by atoms with Crippen molar-refractivity contribution in [1.82, 2.24) is 4.72 Å². The van der Waals surface area contributed by atoms with E-state index in [0.717, 1.165) is 12.1 Å². The SMILES string of the molecule is O=S([O-])NCCc1ccc(S(=O)(=O)CCOS(=O)(=O)O)cc1S(=O)(=O)O. The van der Waals surface area contributed by atoms with Gasteiger partial charge in [-0.25, -0.2) is 17.3 Å². The molecule has 0 spiro atoms. The van der Waals surface area contributed by atoms with Crippen LogP contribution in [0.4, 0.5) is 0 Å². The van der Waals surface area contributed by atoms with E-state index in [2.05, 4.69) is 4.18 Å². The van der Waals surface area contributed by atoms with Crippen LogP contribution in [-0.4, -0.2) is 62.0 Å². The van der Waals surface area contributed by atoms with Gasteiger partial charge in [0.25, 0.3) is 10.1 Å². The Morgan fingerprint density at radius 3 is 2.23 bits per heavy atom. The molecule has 1 atom stereocenters. The van der Waals surface area contributed by atoms with Gasteiger partial charge >= 0.3 is 10.4 Å². The maximum absolute atomic E-state index is 12.1. The average molecular weight is 452 g/mol. The summed E-state index contributed by atoms with van der Waals surface area (Å²) in [6.45, 7) is -1.11. The summed E-state index contributed by atoms with van der Waals surface area (Å²) in [6.07, 6.45) is -0.157. The monoisotopic (exact) mass is 452 g/mol. The molecule has 0 amide bonds. The molecular formula is C10H14NO11S4-. The Bertz CT molecular complexity index is 982. The molecule has 0 radical (unpaired) electrons. The molecule has 1 aromatic carbocycles. The highest BCUT2D eigenvalue weighted by molar-refractivity contribution is 7.91. The fourth-order valence-corrected chi connectivity index (χ4v) is 4.44. The van der Waals surface area contributed by atoms with Gasteiger partial charge in [0, 0.05) is 17.8 Å². The maximum Gasteiger partial charge on any atom is 0.397 e. The molecule has 0 saturated heterocycles. The fourth-order valence-electron chi connectivity index (χ4n) is 1.81. The van der Waals surface area contributed by atoms with Gasteiger partial charge in [-0.15, -0.1) is 0 Å². The first kappa shape index (κ1) is 23.1. The summed E-state index contributed by atoms with van der Waals surface area (Å²) in [5.41, 5.74) is -0.0430. The van der Waals surface area contributed by atoms with Gasteiger partial charge in [-0.3, -0.25) is 13.3 Å². The minimum absolute atomic E-state index is 0.0430. The first-order chi connectivity index (χ1) is 11.7. The Morgan fingerprint density at radius 2 is 1.73 bits per heavy atom. The second-order valence-corrected chi connectivity index (χ2v) is 10.0. The topological polar surface area (TPSA) is 204 Å². The molecule has 0 heterocycles. The first-order valence-corrected chi connectivity index (χ1v) is 12.0. The lowest BCUT2D eigenvalue weighted by Crippen LogP contribution is -2.20. The van der Waals surface area contributed by atoms with Crippen LogP contribution in [0.5, 0.6) is 0 Å². The van der Waals surface area contributed by atoms with Crippen LogP contribution in [0.3, 0.4) is 0 Å². The fraction of sp³-hybridized carbons (Fsp3) is 0.400. The van der Waals surface area contributed by atoms with Crippen LogP contribution in [0.2, 0.25) is 0 Å². The second-order valence-electron chi connectivity index (χ2n) is 4.69. The zero-order valence-corrected chi connectivity index (χ0v) is 16.0. The Kier molecular flexibility index (Phi) is 7.81. The molecule has 0 aliphatic rings. The Morgan fingerprint density at radius 1 is 1.12 bits per heavy atom. The van der Waals surface area contributed by atoms with E-state index in [4.69, 9.17) is 4.55 Å². The van der Waals surface area contributed by atoms with Crippen molar-refractivity contribution < 1.29 is 47.3 Å². The van der Waals surface area contributed by atoms with Gasteiger partial charge in [0.2, 0.25) is 0 Å². The summed E-state index contributed by atoms with van der Waals surface area (Å²) in [4.78, 5) is -1.29. The molecule has 0 saturated carbocycles. The molecule has 1 unspecified atom stereocenters. The Labute approximate surface area is 152 Å². The van der Waals surface area contributed by atoms with Gasteiger partial charge < -0.3 is 4.55 Å². The molecule has 150 valence electrons. The average Bonchev–Trinajstić information content (AvgIpc) is 2.44. The van der Waals surface area contributed by atoms with E-state index in [1.165, 1.54) is 0 Å². The van der Waals surface area contributed by atoms with E-state index < -0.39 is 63.8 Å². The van der Waals surface area contributed by atoms with Crippen molar-refractivity contribution in [3.63, 3.8) is 0 Å². The summed E-state index contributed by atoms with van der Waals surface area (Å²) in [5, 5.41) is 0. The molecule has 0 aromatic heterocycles. The van der Waals surface area contributed by atoms with Crippen molar-refractivity contribution >= 4 is 41.6 Å². The quantitative estimate of drug-likeness (QED) is 0.274. The van der Waals surface area contributed by atoms with E-state index in [9.17, 15) is 38.6 Å². The third-order valence-electron chi connectivity index (χ3n) is 2.87. The van der Waals surface area contributed by atoms with Crippen LogP contribution < -0.4 is 4.72 Å². The van der Waals surface area contributed by atoms with Gasteiger partial charge in [0.15, 0.2) is 9.84 Å². The van der Waals surface area contributed by atoms with Crippen LogP contribution in [0, 0.1) is 0 Å². The summed E-state index contributed by atoms with van der Waals surface area (Å²) < 4.78 is 112. The predicted octanol–water partition coefficient (Wildman–Crippen LogP) is -1.55. The second kappa shape index (κ2) is 8.81. The molecule has 0 bridgehead atoms. The Balaban J connectivity index is 3.12. The highest BCUT2D eigenvalue weighted by Gasteiger charge is 2.22. The lowest BCUT2D eigenvalue weighted by molar-refractivity contribution is 0.284. The standard InChI is InChI=1S/C10H15NO11S4/c12-23(13)11-4-3-8-1-2-9(7-10(8)25(16,17)18)24(14,15)6-5-22-26(19,20)21/h1-2,7,11H,3-6H2,(H,12,13)(H,16,17,18)(H,19,20,21)/p-1. The molecule has 0 aliphatic heterocycles. The van der Waals surface area contributed by atoms with Gasteiger partial charge in [-0.1, -0.05) is 6.07 Å². The third-order valence-corrected chi connectivity index (χ3v) is 6.39. The highest BCUT2D eigenvalue weighted by Crippen LogP contribution is 2.22. The zero-order valence-electron chi connectivity index (χ0n) is 12.8. The van der Waals surface area contributed by atoms with Crippen molar-refractivity contribution in [2.24, 2.45) is 0 Å². The number of rotatable bonds is 10.